The molecule has 1 amide bonds. The Labute approximate surface area is 217 Å². The third-order valence-corrected chi connectivity index (χ3v) is 7.23. The topological polar surface area (TPSA) is 34.0 Å². The summed E-state index contributed by atoms with van der Waals surface area (Å²) in [6, 6.07) is 32.6. The molecule has 1 aromatic heterocycles. The molecule has 0 fully saturated rings. The van der Waals surface area contributed by atoms with Crippen LogP contribution in [0, 0.1) is 13.8 Å². The number of rotatable bonds is 6. The van der Waals surface area contributed by atoms with Gasteiger partial charge in [0.1, 0.15) is 0 Å². The van der Waals surface area contributed by atoms with Gasteiger partial charge in [0.2, 0.25) is 0 Å². The van der Waals surface area contributed by atoms with Crippen LogP contribution in [0.5, 0.6) is 0 Å². The summed E-state index contributed by atoms with van der Waals surface area (Å²) in [7, 11) is 0. The largest absolute Gasteiger partial charge is 0.346 e. The van der Waals surface area contributed by atoms with Gasteiger partial charge in [0.05, 0.1) is 6.04 Å². The van der Waals surface area contributed by atoms with E-state index >= 15 is 0 Å². The Hall–Kier alpha value is -3.82. The quantitative estimate of drug-likeness (QED) is 0.255. The first-order chi connectivity index (χ1) is 17.4. The Morgan fingerprint density at radius 3 is 2.31 bits per heavy atom. The highest BCUT2D eigenvalue weighted by molar-refractivity contribution is 6.30. The number of nitrogens with zero attached hydrogens (tertiary/aromatic N) is 1. The van der Waals surface area contributed by atoms with E-state index in [1.54, 1.807) is 0 Å². The van der Waals surface area contributed by atoms with E-state index in [1.165, 1.54) is 27.9 Å². The smallest absolute Gasteiger partial charge is 0.251 e. The minimum absolute atomic E-state index is 0.0920. The van der Waals surface area contributed by atoms with E-state index in [9.17, 15) is 4.79 Å². The number of benzene rings is 4. The second-order valence-corrected chi connectivity index (χ2v) is 9.78. The fraction of sp³-hybridized carbons (Fsp3) is 0.156. The number of aromatic nitrogens is 1. The number of aryl methyl sites for hydroxylation is 1. The van der Waals surface area contributed by atoms with Gasteiger partial charge in [0.15, 0.2) is 0 Å². The number of halogens is 1. The van der Waals surface area contributed by atoms with Crippen molar-refractivity contribution < 1.29 is 4.79 Å². The highest BCUT2D eigenvalue weighted by atomic mass is 35.5. The zero-order valence-corrected chi connectivity index (χ0v) is 21.5. The second kappa shape index (κ2) is 10.0. The fourth-order valence-corrected chi connectivity index (χ4v) is 4.95. The van der Waals surface area contributed by atoms with Gasteiger partial charge < -0.3 is 9.88 Å². The molecule has 0 spiro atoms. The monoisotopic (exact) mass is 492 g/mol. The molecular weight excluding hydrogens is 464 g/mol. The van der Waals surface area contributed by atoms with Crippen LogP contribution in [0.25, 0.3) is 22.0 Å². The average molecular weight is 493 g/mol. The van der Waals surface area contributed by atoms with Crippen molar-refractivity contribution >= 4 is 28.4 Å². The van der Waals surface area contributed by atoms with Gasteiger partial charge in [-0.15, -0.1) is 0 Å². The lowest BCUT2D eigenvalue weighted by molar-refractivity contribution is 0.0940. The van der Waals surface area contributed by atoms with Crippen LogP contribution < -0.4 is 5.32 Å². The molecule has 0 aliphatic carbocycles. The molecule has 0 saturated carbocycles. The van der Waals surface area contributed by atoms with E-state index < -0.39 is 0 Å². The molecule has 36 heavy (non-hydrogen) atoms. The molecule has 0 bridgehead atoms. The van der Waals surface area contributed by atoms with E-state index in [-0.39, 0.29) is 11.9 Å². The normalized spacial score (nSPS) is 12.0. The number of carbonyl (C=O) groups is 1. The summed E-state index contributed by atoms with van der Waals surface area (Å²) in [5.74, 6) is -0.0920. The summed E-state index contributed by atoms with van der Waals surface area (Å²) >= 11 is 6.12. The molecule has 5 aromatic rings. The van der Waals surface area contributed by atoms with Crippen molar-refractivity contribution in [1.82, 2.24) is 9.88 Å². The van der Waals surface area contributed by atoms with Crippen molar-refractivity contribution in [1.29, 1.82) is 0 Å². The van der Waals surface area contributed by atoms with Gasteiger partial charge in [0.25, 0.3) is 5.91 Å². The van der Waals surface area contributed by atoms with E-state index in [0.717, 1.165) is 23.0 Å². The van der Waals surface area contributed by atoms with Gasteiger partial charge in [-0.2, -0.15) is 0 Å². The number of nitrogens with one attached hydrogen (secondary N) is 1. The van der Waals surface area contributed by atoms with Crippen molar-refractivity contribution in [3.05, 3.63) is 130 Å². The molecule has 0 radical (unpaired) electrons. The Kier molecular flexibility index (Phi) is 6.67. The van der Waals surface area contributed by atoms with Crippen molar-refractivity contribution in [2.24, 2.45) is 0 Å². The number of hydrogen-bond donors (Lipinski definition) is 1. The second-order valence-electron chi connectivity index (χ2n) is 9.34. The van der Waals surface area contributed by atoms with Crippen LogP contribution in [0.4, 0.5) is 0 Å². The molecule has 1 heterocycles. The molecular formula is C32H29ClN2O. The highest BCUT2D eigenvalue weighted by Crippen LogP contribution is 2.28. The van der Waals surface area contributed by atoms with Gasteiger partial charge in [-0.3, -0.25) is 4.79 Å². The Bertz CT molecular complexity index is 1530. The van der Waals surface area contributed by atoms with Crippen molar-refractivity contribution in [2.75, 3.05) is 0 Å². The summed E-state index contributed by atoms with van der Waals surface area (Å²) in [4.78, 5) is 13.0. The van der Waals surface area contributed by atoms with E-state index in [0.29, 0.717) is 10.6 Å². The third-order valence-electron chi connectivity index (χ3n) is 7.00. The van der Waals surface area contributed by atoms with Gasteiger partial charge in [-0.25, -0.2) is 0 Å². The first-order valence-corrected chi connectivity index (χ1v) is 12.6. The first kappa shape index (κ1) is 23.9. The molecule has 180 valence electrons. The maximum atomic E-state index is 13.0. The maximum absolute atomic E-state index is 13.0. The van der Waals surface area contributed by atoms with Crippen LogP contribution in [-0.4, -0.2) is 10.5 Å². The zero-order valence-electron chi connectivity index (χ0n) is 20.8. The lowest BCUT2D eigenvalue weighted by Gasteiger charge is -2.15. The van der Waals surface area contributed by atoms with Crippen LogP contribution in [0.15, 0.2) is 97.1 Å². The molecule has 0 saturated heterocycles. The molecule has 0 unspecified atom stereocenters. The minimum Gasteiger partial charge on any atom is -0.346 e. The molecule has 1 N–H and O–H groups in total. The van der Waals surface area contributed by atoms with Crippen LogP contribution in [0.2, 0.25) is 5.02 Å². The standard InChI is InChI=1S/C32H29ClN2O/c1-21-23(3)35(20-24-12-14-26(15-13-24)25-8-5-4-6-9-25)31-17-16-28(19-30(21)31)32(36)34-22(2)27-10-7-11-29(33)18-27/h4-19,22H,20H2,1-3H3,(H,34,36)/t22-/m0/s1. The predicted octanol–water partition coefficient (Wildman–Crippen LogP) is 8.12. The van der Waals surface area contributed by atoms with Crippen LogP contribution in [0.3, 0.4) is 0 Å². The van der Waals surface area contributed by atoms with E-state index in [2.05, 4.69) is 78.3 Å². The fourth-order valence-electron chi connectivity index (χ4n) is 4.75. The Morgan fingerprint density at radius 1 is 0.861 bits per heavy atom. The zero-order chi connectivity index (χ0) is 25.2. The molecule has 0 aliphatic heterocycles. The van der Waals surface area contributed by atoms with Gasteiger partial charge >= 0.3 is 0 Å². The van der Waals surface area contributed by atoms with Crippen LogP contribution >= 0.6 is 11.6 Å². The van der Waals surface area contributed by atoms with Gasteiger partial charge in [0, 0.05) is 33.7 Å². The predicted molar refractivity (Wildman–Crippen MR) is 150 cm³/mol. The number of fused-ring (bicyclic) bond motifs is 1. The van der Waals surface area contributed by atoms with Crippen molar-refractivity contribution in [3.8, 4) is 11.1 Å². The highest BCUT2D eigenvalue weighted by Gasteiger charge is 2.16. The Morgan fingerprint density at radius 2 is 1.58 bits per heavy atom. The summed E-state index contributed by atoms with van der Waals surface area (Å²) in [5.41, 5.74) is 8.86. The van der Waals surface area contributed by atoms with E-state index in [4.69, 9.17) is 11.6 Å². The Balaban J connectivity index is 1.38. The van der Waals surface area contributed by atoms with Gasteiger partial charge in [-0.05, 0) is 78.9 Å². The summed E-state index contributed by atoms with van der Waals surface area (Å²) < 4.78 is 2.33. The summed E-state index contributed by atoms with van der Waals surface area (Å²) in [6.45, 7) is 7.02. The molecule has 4 aromatic carbocycles. The molecule has 3 nitrogen and oxygen atoms in total. The molecule has 5 rings (SSSR count). The summed E-state index contributed by atoms with van der Waals surface area (Å²) in [5, 5.41) is 4.87. The molecule has 1 atom stereocenters. The maximum Gasteiger partial charge on any atom is 0.251 e. The summed E-state index contributed by atoms with van der Waals surface area (Å²) in [6.07, 6.45) is 0. The average Bonchev–Trinajstić information content (AvgIpc) is 3.14. The molecule has 4 heteroatoms. The van der Waals surface area contributed by atoms with E-state index in [1.807, 2.05) is 49.4 Å². The van der Waals surface area contributed by atoms with Gasteiger partial charge in [-0.1, -0.05) is 78.3 Å². The van der Waals surface area contributed by atoms with Crippen molar-refractivity contribution in [2.45, 2.75) is 33.4 Å². The van der Waals surface area contributed by atoms with Crippen LogP contribution in [0.1, 0.15) is 45.7 Å². The number of amides is 1. The number of hydrogen-bond acceptors (Lipinski definition) is 1. The lowest BCUT2D eigenvalue weighted by Crippen LogP contribution is -2.26. The van der Waals surface area contributed by atoms with Crippen molar-refractivity contribution in [3.63, 3.8) is 0 Å². The van der Waals surface area contributed by atoms with Crippen LogP contribution in [-0.2, 0) is 6.54 Å². The first-order valence-electron chi connectivity index (χ1n) is 12.2. The molecule has 0 aliphatic rings. The SMILES string of the molecule is Cc1c(C)n(Cc2ccc(-c3ccccc3)cc2)c2ccc(C(=O)N[C@@H](C)c3cccc(Cl)c3)cc12. The lowest BCUT2D eigenvalue weighted by atomic mass is 10.0. The number of carbonyl (C=O) groups excluding carboxylic acids is 1. The third kappa shape index (κ3) is 4.80. The minimum atomic E-state index is -0.141.